The number of urea groups is 1. The van der Waals surface area contributed by atoms with Crippen LogP contribution in [0.3, 0.4) is 0 Å². The van der Waals surface area contributed by atoms with Crippen molar-refractivity contribution in [3.63, 3.8) is 0 Å². The van der Waals surface area contributed by atoms with Crippen molar-refractivity contribution >= 4 is 30.0 Å². The van der Waals surface area contributed by atoms with Gasteiger partial charge in [-0.05, 0) is 62.5 Å². The Kier molecular flexibility index (Phi) is 7.66. The van der Waals surface area contributed by atoms with Crippen LogP contribution in [0.1, 0.15) is 25.7 Å². The van der Waals surface area contributed by atoms with Crippen LogP contribution in [-0.4, -0.2) is 49.1 Å². The zero-order valence-electron chi connectivity index (χ0n) is 14.7. The quantitative estimate of drug-likeness (QED) is 0.729. The first kappa shape index (κ1) is 20.5. The number of anilines is 1. The minimum absolute atomic E-state index is 0. The molecule has 6 nitrogen and oxygen atoms in total. The molecule has 144 valence electrons. The number of nitrogens with one attached hydrogen (secondary N) is 3. The lowest BCUT2D eigenvalue weighted by molar-refractivity contribution is -0.130. The average Bonchev–Trinajstić information content (AvgIpc) is 3.26. The van der Waals surface area contributed by atoms with E-state index in [1.807, 2.05) is 4.90 Å². The Morgan fingerprint density at radius 2 is 2.00 bits per heavy atom. The molecule has 2 unspecified atom stereocenters. The van der Waals surface area contributed by atoms with Crippen molar-refractivity contribution in [3.8, 4) is 0 Å². The van der Waals surface area contributed by atoms with Gasteiger partial charge in [-0.3, -0.25) is 4.79 Å². The van der Waals surface area contributed by atoms with E-state index < -0.39 is 0 Å². The molecule has 2 saturated heterocycles. The SMILES string of the molecule is Cl.O=C(Nc1ccc(F)cc1)NC1CCN(C(=O)CCC2CCNC2)C1. The minimum Gasteiger partial charge on any atom is -0.341 e. The first-order valence-corrected chi connectivity index (χ1v) is 8.92. The summed E-state index contributed by atoms with van der Waals surface area (Å²) in [6.07, 6.45) is 3.43. The third-order valence-electron chi connectivity index (χ3n) is 4.91. The number of likely N-dealkylation sites (tertiary alicyclic amines) is 1. The van der Waals surface area contributed by atoms with Gasteiger partial charge < -0.3 is 20.9 Å². The lowest BCUT2D eigenvalue weighted by atomic mass is 10.0. The van der Waals surface area contributed by atoms with Crippen LogP contribution in [0.2, 0.25) is 0 Å². The summed E-state index contributed by atoms with van der Waals surface area (Å²) in [5, 5.41) is 8.87. The molecule has 0 radical (unpaired) electrons. The molecule has 0 aliphatic carbocycles. The first-order valence-electron chi connectivity index (χ1n) is 8.92. The van der Waals surface area contributed by atoms with Crippen molar-refractivity contribution in [1.29, 1.82) is 0 Å². The number of rotatable bonds is 5. The van der Waals surface area contributed by atoms with E-state index in [9.17, 15) is 14.0 Å². The number of carbonyl (C=O) groups is 2. The molecule has 0 bridgehead atoms. The summed E-state index contributed by atoms with van der Waals surface area (Å²) < 4.78 is 12.9. The number of halogens is 2. The molecule has 1 aromatic rings. The van der Waals surface area contributed by atoms with Crippen LogP contribution in [0.25, 0.3) is 0 Å². The average molecular weight is 385 g/mol. The molecular formula is C18H26ClFN4O2. The van der Waals surface area contributed by atoms with Crippen LogP contribution in [0, 0.1) is 11.7 Å². The van der Waals surface area contributed by atoms with Gasteiger partial charge in [0, 0.05) is 31.2 Å². The van der Waals surface area contributed by atoms with Crippen molar-refractivity contribution < 1.29 is 14.0 Å². The maximum Gasteiger partial charge on any atom is 0.319 e. The highest BCUT2D eigenvalue weighted by atomic mass is 35.5. The summed E-state index contributed by atoms with van der Waals surface area (Å²) in [5.74, 6) is 0.446. The van der Waals surface area contributed by atoms with Gasteiger partial charge in [0.25, 0.3) is 0 Å². The second kappa shape index (κ2) is 9.73. The van der Waals surface area contributed by atoms with Gasteiger partial charge in [0.2, 0.25) is 5.91 Å². The van der Waals surface area contributed by atoms with Crippen molar-refractivity contribution in [1.82, 2.24) is 15.5 Å². The predicted molar refractivity (Wildman–Crippen MR) is 101 cm³/mol. The number of hydrogen-bond acceptors (Lipinski definition) is 3. The number of hydrogen-bond donors (Lipinski definition) is 3. The van der Waals surface area contributed by atoms with Crippen LogP contribution in [0.15, 0.2) is 24.3 Å². The molecule has 3 rings (SSSR count). The summed E-state index contributed by atoms with van der Waals surface area (Å²) in [4.78, 5) is 26.1. The minimum atomic E-state index is -0.343. The Hall–Kier alpha value is -1.86. The molecule has 2 heterocycles. The molecule has 8 heteroatoms. The molecule has 1 aromatic carbocycles. The van der Waals surface area contributed by atoms with Crippen molar-refractivity contribution in [3.05, 3.63) is 30.1 Å². The lowest BCUT2D eigenvalue weighted by Gasteiger charge is -2.18. The summed E-state index contributed by atoms with van der Waals surface area (Å²) in [6, 6.07) is 5.24. The van der Waals surface area contributed by atoms with Crippen LogP contribution in [-0.2, 0) is 4.79 Å². The Morgan fingerprint density at radius 3 is 2.69 bits per heavy atom. The van der Waals surface area contributed by atoms with E-state index in [4.69, 9.17) is 0 Å². The fourth-order valence-electron chi connectivity index (χ4n) is 3.44. The normalized spacial score (nSPS) is 22.0. The predicted octanol–water partition coefficient (Wildman–Crippen LogP) is 2.36. The van der Waals surface area contributed by atoms with Gasteiger partial charge in [-0.15, -0.1) is 12.4 Å². The molecular weight excluding hydrogens is 359 g/mol. The second-order valence-electron chi connectivity index (χ2n) is 6.83. The summed E-state index contributed by atoms with van der Waals surface area (Å²) in [7, 11) is 0. The Morgan fingerprint density at radius 1 is 1.23 bits per heavy atom. The van der Waals surface area contributed by atoms with Crippen LogP contribution in [0.4, 0.5) is 14.9 Å². The first-order chi connectivity index (χ1) is 12.1. The Balaban J connectivity index is 0.00000243. The van der Waals surface area contributed by atoms with Crippen molar-refractivity contribution in [2.45, 2.75) is 31.7 Å². The lowest BCUT2D eigenvalue weighted by Crippen LogP contribution is -2.40. The molecule has 2 aliphatic heterocycles. The summed E-state index contributed by atoms with van der Waals surface area (Å²) in [6.45, 7) is 3.31. The monoisotopic (exact) mass is 384 g/mol. The standard InChI is InChI=1S/C18H25FN4O2.ClH/c19-14-2-4-15(5-3-14)21-18(25)22-16-8-10-23(12-16)17(24)6-1-13-7-9-20-11-13;/h2-5,13,16,20H,1,6-12H2,(H2,21,22,25);1H. The van der Waals surface area contributed by atoms with Gasteiger partial charge >= 0.3 is 6.03 Å². The number of benzene rings is 1. The van der Waals surface area contributed by atoms with Gasteiger partial charge in [-0.25, -0.2) is 9.18 Å². The molecule has 0 saturated carbocycles. The third-order valence-corrected chi connectivity index (χ3v) is 4.91. The molecule has 2 atom stereocenters. The zero-order valence-corrected chi connectivity index (χ0v) is 15.5. The largest absolute Gasteiger partial charge is 0.341 e. The Bertz CT molecular complexity index is 608. The molecule has 3 amide bonds. The highest BCUT2D eigenvalue weighted by Crippen LogP contribution is 2.17. The Labute approximate surface area is 159 Å². The molecule has 2 aliphatic rings. The zero-order chi connectivity index (χ0) is 17.6. The van der Waals surface area contributed by atoms with E-state index in [2.05, 4.69) is 16.0 Å². The highest BCUT2D eigenvalue weighted by Gasteiger charge is 2.27. The number of amides is 3. The van der Waals surface area contributed by atoms with Crippen LogP contribution in [0.5, 0.6) is 0 Å². The maximum atomic E-state index is 12.9. The van der Waals surface area contributed by atoms with Crippen molar-refractivity contribution in [2.75, 3.05) is 31.5 Å². The van der Waals surface area contributed by atoms with Gasteiger partial charge in [-0.1, -0.05) is 0 Å². The summed E-state index contributed by atoms with van der Waals surface area (Å²) in [5.41, 5.74) is 0.537. The highest BCUT2D eigenvalue weighted by molar-refractivity contribution is 5.89. The number of nitrogens with zero attached hydrogens (tertiary/aromatic N) is 1. The van der Waals surface area contributed by atoms with E-state index in [0.29, 0.717) is 31.1 Å². The fraction of sp³-hybridized carbons (Fsp3) is 0.556. The van der Waals surface area contributed by atoms with Gasteiger partial charge in [-0.2, -0.15) is 0 Å². The van der Waals surface area contributed by atoms with E-state index >= 15 is 0 Å². The molecule has 2 fully saturated rings. The number of carbonyl (C=O) groups excluding carboxylic acids is 2. The van der Waals surface area contributed by atoms with Crippen molar-refractivity contribution in [2.24, 2.45) is 5.92 Å². The summed E-state index contributed by atoms with van der Waals surface area (Å²) >= 11 is 0. The van der Waals surface area contributed by atoms with E-state index in [-0.39, 0.29) is 36.2 Å². The van der Waals surface area contributed by atoms with Gasteiger partial charge in [0.15, 0.2) is 0 Å². The molecule has 0 spiro atoms. The smallest absolute Gasteiger partial charge is 0.319 e. The third kappa shape index (κ3) is 5.85. The van der Waals surface area contributed by atoms with Crippen LogP contribution >= 0.6 is 12.4 Å². The van der Waals surface area contributed by atoms with Gasteiger partial charge in [0.1, 0.15) is 5.82 Å². The maximum absolute atomic E-state index is 12.9. The van der Waals surface area contributed by atoms with E-state index in [1.165, 1.54) is 24.3 Å². The topological polar surface area (TPSA) is 73.5 Å². The molecule has 0 aromatic heterocycles. The second-order valence-corrected chi connectivity index (χ2v) is 6.83. The van der Waals surface area contributed by atoms with E-state index in [0.717, 1.165) is 32.4 Å². The van der Waals surface area contributed by atoms with Gasteiger partial charge in [0.05, 0.1) is 0 Å². The molecule has 26 heavy (non-hydrogen) atoms. The van der Waals surface area contributed by atoms with Crippen LogP contribution < -0.4 is 16.0 Å². The molecule has 3 N–H and O–H groups in total. The van der Waals surface area contributed by atoms with E-state index in [1.54, 1.807) is 0 Å². The fourth-order valence-corrected chi connectivity index (χ4v) is 3.44.